The lowest BCUT2D eigenvalue weighted by molar-refractivity contribution is -0.246. The summed E-state index contributed by atoms with van der Waals surface area (Å²) in [6.45, 7) is 0.0248. The van der Waals surface area contributed by atoms with Crippen molar-refractivity contribution in [1.29, 1.82) is 0 Å². The maximum atomic E-state index is 12.8. The zero-order chi connectivity index (χ0) is 16.6. The van der Waals surface area contributed by atoms with Gasteiger partial charge in [0.1, 0.15) is 5.15 Å². The van der Waals surface area contributed by atoms with Gasteiger partial charge in [0.15, 0.2) is 6.10 Å². The highest BCUT2D eigenvalue weighted by molar-refractivity contribution is 6.29. The average Bonchev–Trinajstić information content (AvgIpc) is 2.49. The van der Waals surface area contributed by atoms with Crippen molar-refractivity contribution in [2.75, 3.05) is 0 Å². The number of pyridine rings is 1. The number of halogens is 4. The molecule has 0 aliphatic carbocycles. The summed E-state index contributed by atoms with van der Waals surface area (Å²) >= 11 is 5.74. The van der Waals surface area contributed by atoms with Gasteiger partial charge < -0.3 is 4.74 Å². The van der Waals surface area contributed by atoms with Crippen LogP contribution in [0.2, 0.25) is 5.15 Å². The smallest absolute Gasteiger partial charge is 0.364 e. The summed E-state index contributed by atoms with van der Waals surface area (Å²) in [6, 6.07) is 1.46. The first-order chi connectivity index (χ1) is 10.8. The lowest BCUT2D eigenvalue weighted by Crippen LogP contribution is -2.41. The van der Waals surface area contributed by atoms with Crippen molar-refractivity contribution in [3.8, 4) is 0 Å². The second-order valence-electron chi connectivity index (χ2n) is 5.45. The highest BCUT2D eigenvalue weighted by atomic mass is 35.5. The molecule has 0 radical (unpaired) electrons. The number of ether oxygens (including phenoxy) is 1. The Hall–Kier alpha value is -1.67. The van der Waals surface area contributed by atoms with Gasteiger partial charge in [0.05, 0.1) is 29.9 Å². The number of nitrogens with zero attached hydrogens (tertiary/aromatic N) is 3. The fourth-order valence-electron chi connectivity index (χ4n) is 2.65. The van der Waals surface area contributed by atoms with Crippen molar-refractivity contribution in [1.82, 2.24) is 14.5 Å². The first kappa shape index (κ1) is 16.2. The molecule has 1 saturated heterocycles. The Morgan fingerprint density at radius 1 is 1.35 bits per heavy atom. The zero-order valence-electron chi connectivity index (χ0n) is 11.9. The molecule has 0 amide bonds. The molecule has 2 aromatic rings. The Balaban J connectivity index is 1.83. The maximum Gasteiger partial charge on any atom is 0.414 e. The molecule has 1 aliphatic rings. The second kappa shape index (κ2) is 6.09. The van der Waals surface area contributed by atoms with E-state index in [2.05, 4.69) is 9.97 Å². The lowest BCUT2D eigenvalue weighted by Gasteiger charge is -2.31. The fourth-order valence-corrected chi connectivity index (χ4v) is 2.81. The van der Waals surface area contributed by atoms with Crippen LogP contribution in [0.4, 0.5) is 13.2 Å². The van der Waals surface area contributed by atoms with E-state index in [0.717, 1.165) is 0 Å². The monoisotopic (exact) mass is 347 g/mol. The summed E-state index contributed by atoms with van der Waals surface area (Å²) in [5, 5.41) is 0.478. The van der Waals surface area contributed by atoms with Gasteiger partial charge in [0.25, 0.3) is 5.56 Å². The number of alkyl halides is 3. The minimum Gasteiger partial charge on any atom is -0.364 e. The molecule has 0 aromatic carbocycles. The molecule has 2 unspecified atom stereocenters. The van der Waals surface area contributed by atoms with Gasteiger partial charge in [-0.25, -0.2) is 9.97 Å². The van der Waals surface area contributed by atoms with E-state index in [1.165, 1.54) is 23.2 Å². The van der Waals surface area contributed by atoms with Gasteiger partial charge in [0.2, 0.25) is 0 Å². The van der Waals surface area contributed by atoms with Crippen molar-refractivity contribution in [3.05, 3.63) is 34.1 Å². The third-order valence-electron chi connectivity index (χ3n) is 3.79. The predicted molar refractivity (Wildman–Crippen MR) is 77.4 cm³/mol. The quantitative estimate of drug-likeness (QED) is 0.784. The van der Waals surface area contributed by atoms with Gasteiger partial charge in [-0.2, -0.15) is 13.2 Å². The molecular formula is C14H13ClF3N3O2. The van der Waals surface area contributed by atoms with E-state index in [4.69, 9.17) is 16.3 Å². The molecular weight excluding hydrogens is 335 g/mol. The van der Waals surface area contributed by atoms with Gasteiger partial charge >= 0.3 is 6.18 Å². The molecule has 0 saturated carbocycles. The maximum absolute atomic E-state index is 12.8. The minimum atomic E-state index is -4.38. The van der Waals surface area contributed by atoms with Crippen LogP contribution in [0.3, 0.4) is 0 Å². The Labute approximate surface area is 134 Å². The molecule has 0 bridgehead atoms. The number of fused-ring (bicyclic) bond motifs is 1. The molecule has 2 aromatic heterocycles. The van der Waals surface area contributed by atoms with Crippen LogP contribution < -0.4 is 5.56 Å². The summed E-state index contributed by atoms with van der Waals surface area (Å²) < 4.78 is 44.6. The van der Waals surface area contributed by atoms with Crippen LogP contribution >= 0.6 is 11.6 Å². The standard InChI is InChI=1S/C14H13ClF3N3O2/c15-12-4-10-9(5-19-12)13(22)21(7-20-10)6-8-2-1-3-11(23-8)14(16,17)18/h4-5,7-8,11H,1-3,6H2. The van der Waals surface area contributed by atoms with Gasteiger partial charge in [0, 0.05) is 12.3 Å². The predicted octanol–water partition coefficient (Wildman–Crippen LogP) is 2.94. The van der Waals surface area contributed by atoms with Gasteiger partial charge in [-0.1, -0.05) is 11.6 Å². The van der Waals surface area contributed by atoms with Crippen molar-refractivity contribution < 1.29 is 17.9 Å². The van der Waals surface area contributed by atoms with E-state index < -0.39 is 18.4 Å². The Morgan fingerprint density at radius 3 is 2.87 bits per heavy atom. The lowest BCUT2D eigenvalue weighted by atomic mass is 10.0. The van der Waals surface area contributed by atoms with Crippen molar-refractivity contribution in [2.24, 2.45) is 0 Å². The molecule has 1 fully saturated rings. The Kier molecular flexibility index (Phi) is 4.29. The molecule has 9 heteroatoms. The fraction of sp³-hybridized carbons (Fsp3) is 0.500. The van der Waals surface area contributed by atoms with Gasteiger partial charge in [-0.3, -0.25) is 9.36 Å². The number of hydrogen-bond donors (Lipinski definition) is 0. The minimum absolute atomic E-state index is 0.0248. The van der Waals surface area contributed by atoms with Gasteiger partial charge in [-0.05, 0) is 19.3 Å². The number of hydrogen-bond acceptors (Lipinski definition) is 4. The third kappa shape index (κ3) is 3.48. The van der Waals surface area contributed by atoms with E-state index in [0.29, 0.717) is 18.4 Å². The van der Waals surface area contributed by atoms with Crippen LogP contribution in [0.15, 0.2) is 23.4 Å². The van der Waals surface area contributed by atoms with E-state index in [-0.39, 0.29) is 29.1 Å². The van der Waals surface area contributed by atoms with E-state index in [1.54, 1.807) is 0 Å². The van der Waals surface area contributed by atoms with E-state index in [9.17, 15) is 18.0 Å². The largest absolute Gasteiger partial charge is 0.414 e. The van der Waals surface area contributed by atoms with Crippen molar-refractivity contribution in [2.45, 2.75) is 44.2 Å². The molecule has 0 N–H and O–H groups in total. The topological polar surface area (TPSA) is 57.0 Å². The summed E-state index contributed by atoms with van der Waals surface area (Å²) in [5.74, 6) is 0. The molecule has 124 valence electrons. The third-order valence-corrected chi connectivity index (χ3v) is 4.00. The summed E-state index contributed by atoms with van der Waals surface area (Å²) in [5.41, 5.74) is 0.0147. The normalized spacial score (nSPS) is 22.4. The molecule has 3 rings (SSSR count). The SMILES string of the molecule is O=c1c2cnc(Cl)cc2ncn1CC1CCCC(C(F)(F)F)O1. The zero-order valence-corrected chi connectivity index (χ0v) is 12.6. The first-order valence-corrected chi connectivity index (χ1v) is 7.45. The molecule has 3 heterocycles. The molecule has 5 nitrogen and oxygen atoms in total. The van der Waals surface area contributed by atoms with E-state index in [1.807, 2.05) is 0 Å². The van der Waals surface area contributed by atoms with Crippen LogP contribution in [0.25, 0.3) is 10.9 Å². The van der Waals surface area contributed by atoms with Crippen LogP contribution in [0.1, 0.15) is 19.3 Å². The van der Waals surface area contributed by atoms with Crippen LogP contribution in [-0.2, 0) is 11.3 Å². The van der Waals surface area contributed by atoms with Crippen LogP contribution in [0.5, 0.6) is 0 Å². The van der Waals surface area contributed by atoms with Crippen molar-refractivity contribution in [3.63, 3.8) is 0 Å². The second-order valence-corrected chi connectivity index (χ2v) is 5.83. The summed E-state index contributed by atoms with van der Waals surface area (Å²) in [6.07, 6.45) is -3.40. The molecule has 0 spiro atoms. The number of rotatable bonds is 2. The summed E-state index contributed by atoms with van der Waals surface area (Å²) in [7, 11) is 0. The average molecular weight is 348 g/mol. The molecule has 23 heavy (non-hydrogen) atoms. The molecule has 2 atom stereocenters. The number of aromatic nitrogens is 3. The van der Waals surface area contributed by atoms with Crippen molar-refractivity contribution >= 4 is 22.5 Å². The van der Waals surface area contributed by atoms with Gasteiger partial charge in [-0.15, -0.1) is 0 Å². The van der Waals surface area contributed by atoms with E-state index >= 15 is 0 Å². The highest BCUT2D eigenvalue weighted by Gasteiger charge is 2.43. The summed E-state index contributed by atoms with van der Waals surface area (Å²) in [4.78, 5) is 20.3. The Bertz CT molecular complexity index is 778. The molecule has 1 aliphatic heterocycles. The first-order valence-electron chi connectivity index (χ1n) is 7.07. The van der Waals surface area contributed by atoms with Crippen LogP contribution in [0, 0.1) is 0 Å². The highest BCUT2D eigenvalue weighted by Crippen LogP contribution is 2.32. The Morgan fingerprint density at radius 2 is 2.13 bits per heavy atom. The van der Waals surface area contributed by atoms with Crippen LogP contribution in [-0.4, -0.2) is 32.9 Å².